The molecule has 106 valence electrons. The molecule has 2 aliphatic heterocycles. The molecular weight excluding hydrogens is 242 g/mol. The standard InChI is InChI=1S/C15H23NO3/c17-14-6-3-4-12(14)13-5-1-2-8-16(13)15(18)11-7-9-19-10-11/h11-13H,1-10H2. The quantitative estimate of drug-likeness (QED) is 0.764. The third-order valence-corrected chi connectivity index (χ3v) is 4.93. The first-order valence-corrected chi connectivity index (χ1v) is 7.68. The monoisotopic (exact) mass is 265 g/mol. The molecule has 3 unspecified atom stereocenters. The SMILES string of the molecule is O=C1CCCC1C1CCCCN1C(=O)C1CCOC1. The van der Waals surface area contributed by atoms with E-state index in [9.17, 15) is 9.59 Å². The van der Waals surface area contributed by atoms with Gasteiger partial charge in [0.05, 0.1) is 12.5 Å². The van der Waals surface area contributed by atoms with Crippen LogP contribution in [-0.2, 0) is 14.3 Å². The minimum Gasteiger partial charge on any atom is -0.381 e. The molecule has 0 radical (unpaired) electrons. The van der Waals surface area contributed by atoms with Crippen molar-refractivity contribution in [3.05, 3.63) is 0 Å². The largest absolute Gasteiger partial charge is 0.381 e. The maximum absolute atomic E-state index is 12.6. The van der Waals surface area contributed by atoms with E-state index >= 15 is 0 Å². The summed E-state index contributed by atoms with van der Waals surface area (Å²) >= 11 is 0. The van der Waals surface area contributed by atoms with Crippen LogP contribution in [0.2, 0.25) is 0 Å². The van der Waals surface area contributed by atoms with Crippen LogP contribution >= 0.6 is 0 Å². The van der Waals surface area contributed by atoms with E-state index in [2.05, 4.69) is 0 Å². The third kappa shape index (κ3) is 2.55. The van der Waals surface area contributed by atoms with Crippen molar-refractivity contribution in [3.8, 4) is 0 Å². The van der Waals surface area contributed by atoms with Gasteiger partial charge in [-0.1, -0.05) is 0 Å². The summed E-state index contributed by atoms with van der Waals surface area (Å²) in [5, 5.41) is 0. The average molecular weight is 265 g/mol. The van der Waals surface area contributed by atoms with E-state index in [4.69, 9.17) is 4.74 Å². The van der Waals surface area contributed by atoms with Crippen LogP contribution in [0.4, 0.5) is 0 Å². The van der Waals surface area contributed by atoms with Crippen LogP contribution in [0, 0.1) is 11.8 Å². The molecule has 4 heteroatoms. The number of Topliss-reactive ketones (excluding diaryl/α,β-unsaturated/α-hetero) is 1. The number of likely N-dealkylation sites (tertiary alicyclic amines) is 1. The van der Waals surface area contributed by atoms with Gasteiger partial charge < -0.3 is 9.64 Å². The first-order chi connectivity index (χ1) is 9.27. The van der Waals surface area contributed by atoms with Gasteiger partial charge in [-0.2, -0.15) is 0 Å². The molecule has 0 aromatic heterocycles. The Hall–Kier alpha value is -0.900. The predicted molar refractivity (Wildman–Crippen MR) is 70.6 cm³/mol. The lowest BCUT2D eigenvalue weighted by atomic mass is 9.87. The molecule has 0 N–H and O–H groups in total. The van der Waals surface area contributed by atoms with E-state index in [-0.39, 0.29) is 23.8 Å². The van der Waals surface area contributed by atoms with Crippen molar-refractivity contribution < 1.29 is 14.3 Å². The van der Waals surface area contributed by atoms with Crippen molar-refractivity contribution in [1.82, 2.24) is 4.90 Å². The number of amides is 1. The lowest BCUT2D eigenvalue weighted by Crippen LogP contribution is -2.50. The second kappa shape index (κ2) is 5.61. The van der Waals surface area contributed by atoms with E-state index in [1.807, 2.05) is 4.90 Å². The van der Waals surface area contributed by atoms with E-state index in [1.54, 1.807) is 0 Å². The van der Waals surface area contributed by atoms with Crippen molar-refractivity contribution in [1.29, 1.82) is 0 Å². The molecular formula is C15H23NO3. The van der Waals surface area contributed by atoms with E-state index < -0.39 is 0 Å². The molecule has 0 bridgehead atoms. The molecule has 3 rings (SSSR count). The number of hydrogen-bond donors (Lipinski definition) is 0. The lowest BCUT2D eigenvalue weighted by molar-refractivity contribution is -0.141. The number of nitrogens with zero attached hydrogens (tertiary/aromatic N) is 1. The van der Waals surface area contributed by atoms with Gasteiger partial charge in [-0.05, 0) is 38.5 Å². The molecule has 1 saturated carbocycles. The summed E-state index contributed by atoms with van der Waals surface area (Å²) < 4.78 is 5.34. The van der Waals surface area contributed by atoms with E-state index in [1.165, 1.54) is 0 Å². The normalized spacial score (nSPS) is 35.9. The van der Waals surface area contributed by atoms with Crippen molar-refractivity contribution in [3.63, 3.8) is 0 Å². The first-order valence-electron chi connectivity index (χ1n) is 7.68. The molecule has 2 saturated heterocycles. The van der Waals surface area contributed by atoms with Gasteiger partial charge in [-0.25, -0.2) is 0 Å². The molecule has 3 aliphatic rings. The Balaban J connectivity index is 1.72. The summed E-state index contributed by atoms with van der Waals surface area (Å²) in [7, 11) is 0. The fourth-order valence-electron chi connectivity index (χ4n) is 3.86. The Kier molecular flexibility index (Phi) is 3.87. The van der Waals surface area contributed by atoms with Crippen molar-refractivity contribution in [2.45, 2.75) is 51.0 Å². The Morgan fingerprint density at radius 3 is 2.74 bits per heavy atom. The Morgan fingerprint density at radius 1 is 1.16 bits per heavy atom. The van der Waals surface area contributed by atoms with Gasteiger partial charge >= 0.3 is 0 Å². The molecule has 3 fully saturated rings. The Labute approximate surface area is 114 Å². The molecule has 0 aromatic carbocycles. The van der Waals surface area contributed by atoms with Gasteiger partial charge in [0, 0.05) is 31.5 Å². The average Bonchev–Trinajstić information content (AvgIpc) is 3.09. The highest BCUT2D eigenvalue weighted by atomic mass is 16.5. The topological polar surface area (TPSA) is 46.6 Å². The van der Waals surface area contributed by atoms with Crippen LogP contribution in [-0.4, -0.2) is 42.4 Å². The summed E-state index contributed by atoms with van der Waals surface area (Å²) in [6.07, 6.45) is 6.80. The number of ketones is 1. The van der Waals surface area contributed by atoms with Gasteiger partial charge in [-0.15, -0.1) is 0 Å². The van der Waals surface area contributed by atoms with Crippen LogP contribution in [0.1, 0.15) is 44.9 Å². The zero-order valence-corrected chi connectivity index (χ0v) is 11.5. The predicted octanol–water partition coefficient (Wildman–Crippen LogP) is 1.77. The van der Waals surface area contributed by atoms with Crippen LogP contribution < -0.4 is 0 Å². The summed E-state index contributed by atoms with van der Waals surface area (Å²) in [4.78, 5) is 26.6. The maximum atomic E-state index is 12.6. The fourth-order valence-corrected chi connectivity index (χ4v) is 3.86. The molecule has 3 atom stereocenters. The zero-order chi connectivity index (χ0) is 13.2. The molecule has 19 heavy (non-hydrogen) atoms. The minimum atomic E-state index is 0.0390. The number of ether oxygens (including phenoxy) is 1. The smallest absolute Gasteiger partial charge is 0.228 e. The van der Waals surface area contributed by atoms with E-state index in [0.29, 0.717) is 19.0 Å². The number of piperidine rings is 1. The third-order valence-electron chi connectivity index (χ3n) is 4.93. The van der Waals surface area contributed by atoms with Crippen LogP contribution in [0.25, 0.3) is 0 Å². The Bertz CT molecular complexity index is 362. The van der Waals surface area contributed by atoms with Crippen LogP contribution in [0.5, 0.6) is 0 Å². The van der Waals surface area contributed by atoms with Crippen molar-refractivity contribution in [2.75, 3.05) is 19.8 Å². The number of carbonyl (C=O) groups excluding carboxylic acids is 2. The first kappa shape index (κ1) is 13.1. The highest BCUT2D eigenvalue weighted by Crippen LogP contribution is 2.34. The van der Waals surface area contributed by atoms with E-state index in [0.717, 1.165) is 51.5 Å². The lowest BCUT2D eigenvalue weighted by Gasteiger charge is -2.39. The maximum Gasteiger partial charge on any atom is 0.228 e. The highest BCUT2D eigenvalue weighted by molar-refractivity contribution is 5.85. The molecule has 0 spiro atoms. The molecule has 0 aromatic rings. The van der Waals surface area contributed by atoms with Crippen molar-refractivity contribution >= 4 is 11.7 Å². The minimum absolute atomic E-state index is 0.0390. The summed E-state index contributed by atoms with van der Waals surface area (Å²) in [5.74, 6) is 0.776. The summed E-state index contributed by atoms with van der Waals surface area (Å²) in [5.41, 5.74) is 0. The molecule has 1 aliphatic carbocycles. The zero-order valence-electron chi connectivity index (χ0n) is 11.5. The molecule has 1 amide bonds. The van der Waals surface area contributed by atoms with Gasteiger partial charge in [-0.3, -0.25) is 9.59 Å². The van der Waals surface area contributed by atoms with Crippen molar-refractivity contribution in [2.24, 2.45) is 11.8 Å². The second-order valence-corrected chi connectivity index (χ2v) is 6.12. The number of hydrogen-bond acceptors (Lipinski definition) is 3. The molecule has 4 nitrogen and oxygen atoms in total. The van der Waals surface area contributed by atoms with Gasteiger partial charge in [0.15, 0.2) is 0 Å². The van der Waals surface area contributed by atoms with Gasteiger partial charge in [0.1, 0.15) is 5.78 Å². The second-order valence-electron chi connectivity index (χ2n) is 6.12. The fraction of sp³-hybridized carbons (Fsp3) is 0.867. The highest BCUT2D eigenvalue weighted by Gasteiger charge is 2.40. The number of rotatable bonds is 2. The Morgan fingerprint density at radius 2 is 2.05 bits per heavy atom. The number of carbonyl (C=O) groups is 2. The van der Waals surface area contributed by atoms with Crippen LogP contribution in [0.15, 0.2) is 0 Å². The van der Waals surface area contributed by atoms with Crippen LogP contribution in [0.3, 0.4) is 0 Å². The summed E-state index contributed by atoms with van der Waals surface area (Å²) in [6, 6.07) is 0.178. The summed E-state index contributed by atoms with van der Waals surface area (Å²) in [6.45, 7) is 2.11. The van der Waals surface area contributed by atoms with Gasteiger partial charge in [0.2, 0.25) is 5.91 Å². The molecule has 2 heterocycles. The van der Waals surface area contributed by atoms with Gasteiger partial charge in [0.25, 0.3) is 0 Å².